The number of likely N-dealkylation sites (tertiary alicyclic amines) is 2. The molecule has 0 spiro atoms. The van der Waals surface area contributed by atoms with Crippen LogP contribution in [0.2, 0.25) is 0 Å². The lowest BCUT2D eigenvalue weighted by molar-refractivity contribution is -0.139. The standard InChI is InChI=1S/C35H40F4N6O2/c1-5-41-32(40-3)31(24-7-9-26(10-8-24)34(46)47-4)23(2)44-17-13-25(14-18-44)33-42-30(22-45(33)20-19-43-15-6-16-43)27-11-12-29(36)28(21-27)35(37,38)39/h5,7-12,21-22,25H,1,6,13-20H2,2-4H3,(H,40,41)/b31-23+. The van der Waals surface area contributed by atoms with Gasteiger partial charge in [-0.05, 0) is 75.2 Å². The minimum Gasteiger partial charge on any atom is -0.465 e. The molecule has 47 heavy (non-hydrogen) atoms. The lowest BCUT2D eigenvalue weighted by atomic mass is 9.94. The Labute approximate surface area is 272 Å². The van der Waals surface area contributed by atoms with Gasteiger partial charge < -0.3 is 24.4 Å². The fourth-order valence-corrected chi connectivity index (χ4v) is 6.21. The Morgan fingerprint density at radius 3 is 2.34 bits per heavy atom. The number of piperidine rings is 1. The van der Waals surface area contributed by atoms with Crippen LogP contribution in [0.4, 0.5) is 17.6 Å². The number of amidine groups is 1. The number of halogens is 4. The Kier molecular flexibility index (Phi) is 10.5. The van der Waals surface area contributed by atoms with E-state index in [2.05, 4.69) is 31.3 Å². The van der Waals surface area contributed by atoms with E-state index in [1.54, 1.807) is 25.4 Å². The average Bonchev–Trinajstić information content (AvgIpc) is 3.47. The lowest BCUT2D eigenvalue weighted by Gasteiger charge is -2.36. The van der Waals surface area contributed by atoms with Crippen molar-refractivity contribution in [2.75, 3.05) is 46.9 Å². The molecule has 0 aliphatic carbocycles. The molecule has 2 saturated heterocycles. The van der Waals surface area contributed by atoms with Gasteiger partial charge in [-0.25, -0.2) is 19.2 Å². The van der Waals surface area contributed by atoms with Crippen molar-refractivity contribution in [2.45, 2.75) is 44.8 Å². The third-order valence-electron chi connectivity index (χ3n) is 8.97. The summed E-state index contributed by atoms with van der Waals surface area (Å²) in [5.41, 5.74) is 2.54. The summed E-state index contributed by atoms with van der Waals surface area (Å²) in [7, 11) is 3.14. The molecule has 5 rings (SSSR count). The quantitative estimate of drug-likeness (QED) is 0.116. The van der Waals surface area contributed by atoms with Gasteiger partial charge in [0.1, 0.15) is 17.5 Å². The van der Waals surface area contributed by atoms with Crippen LogP contribution in [0, 0.1) is 5.82 Å². The first kappa shape index (κ1) is 33.9. The first-order valence-corrected chi connectivity index (χ1v) is 15.7. The van der Waals surface area contributed by atoms with Gasteiger partial charge in [-0.2, -0.15) is 13.2 Å². The molecule has 12 heteroatoms. The number of carbonyl (C=O) groups excluding carboxylic acids is 1. The van der Waals surface area contributed by atoms with E-state index in [9.17, 15) is 22.4 Å². The Bertz CT molecular complexity index is 1650. The number of imidazole rings is 1. The van der Waals surface area contributed by atoms with Gasteiger partial charge in [-0.1, -0.05) is 18.7 Å². The van der Waals surface area contributed by atoms with Gasteiger partial charge >= 0.3 is 12.1 Å². The average molecular weight is 653 g/mol. The normalized spacial score (nSPS) is 16.8. The van der Waals surface area contributed by atoms with E-state index in [-0.39, 0.29) is 11.5 Å². The molecule has 8 nitrogen and oxygen atoms in total. The minimum absolute atomic E-state index is 0.0835. The Morgan fingerprint density at radius 2 is 1.77 bits per heavy atom. The van der Waals surface area contributed by atoms with Gasteiger partial charge in [-0.3, -0.25) is 0 Å². The fourth-order valence-electron chi connectivity index (χ4n) is 6.21. The number of esters is 1. The van der Waals surface area contributed by atoms with E-state index in [4.69, 9.17) is 9.72 Å². The zero-order valence-corrected chi connectivity index (χ0v) is 26.9. The minimum atomic E-state index is -4.80. The molecule has 2 aromatic carbocycles. The second-order valence-corrected chi connectivity index (χ2v) is 11.8. The summed E-state index contributed by atoms with van der Waals surface area (Å²) >= 11 is 0. The van der Waals surface area contributed by atoms with E-state index in [1.165, 1.54) is 19.4 Å². The van der Waals surface area contributed by atoms with Gasteiger partial charge in [0.2, 0.25) is 0 Å². The molecular formula is C35H40F4N6O2. The number of nitrogens with one attached hydrogen (secondary N) is 1. The number of carbonyl (C=O) groups is 1. The Balaban J connectivity index is 1.42. The van der Waals surface area contributed by atoms with Crippen LogP contribution in [-0.4, -0.2) is 78.0 Å². The van der Waals surface area contributed by atoms with Crippen molar-refractivity contribution in [1.29, 1.82) is 0 Å². The number of alkyl halides is 3. The molecule has 0 bridgehead atoms. The van der Waals surface area contributed by atoms with E-state index >= 15 is 0 Å². The summed E-state index contributed by atoms with van der Waals surface area (Å²) in [4.78, 5) is 26.0. The zero-order chi connectivity index (χ0) is 33.7. The molecule has 0 unspecified atom stereocenters. The van der Waals surface area contributed by atoms with Crippen LogP contribution in [0.15, 0.2) is 72.1 Å². The van der Waals surface area contributed by atoms with Gasteiger partial charge in [0.25, 0.3) is 0 Å². The third-order valence-corrected chi connectivity index (χ3v) is 8.97. The number of aliphatic imine (C=N–C) groups is 1. The number of rotatable bonds is 10. The summed E-state index contributed by atoms with van der Waals surface area (Å²) < 4.78 is 61.5. The second kappa shape index (κ2) is 14.5. The summed E-state index contributed by atoms with van der Waals surface area (Å²) in [5.74, 6) is -0.161. The summed E-state index contributed by atoms with van der Waals surface area (Å²) in [6.07, 6.45) is 1.19. The first-order chi connectivity index (χ1) is 22.5. The monoisotopic (exact) mass is 652 g/mol. The van der Waals surface area contributed by atoms with Crippen molar-refractivity contribution in [2.24, 2.45) is 4.99 Å². The molecule has 0 amide bonds. The van der Waals surface area contributed by atoms with Gasteiger partial charge in [0.05, 0.1) is 23.9 Å². The number of aromatic nitrogens is 2. The van der Waals surface area contributed by atoms with Crippen molar-refractivity contribution in [3.63, 3.8) is 0 Å². The highest BCUT2D eigenvalue weighted by Crippen LogP contribution is 2.36. The number of nitrogens with zero attached hydrogens (tertiary/aromatic N) is 5. The van der Waals surface area contributed by atoms with Crippen LogP contribution in [0.25, 0.3) is 16.8 Å². The van der Waals surface area contributed by atoms with Crippen LogP contribution >= 0.6 is 0 Å². The van der Waals surface area contributed by atoms with Gasteiger partial charge in [0, 0.05) is 68.4 Å². The highest BCUT2D eigenvalue weighted by atomic mass is 19.4. The molecular weight excluding hydrogens is 612 g/mol. The zero-order valence-electron chi connectivity index (χ0n) is 26.9. The SMILES string of the molecule is C=C/N=C(NC)\C(=C(/C)N1CCC(c2nc(-c3ccc(F)c(C(F)(F)F)c3)cn2CCN2CCC2)CC1)c1ccc(C(=O)OC)cc1. The second-order valence-electron chi connectivity index (χ2n) is 11.8. The van der Waals surface area contributed by atoms with Crippen LogP contribution in [-0.2, 0) is 17.5 Å². The van der Waals surface area contributed by atoms with Crippen LogP contribution in [0.5, 0.6) is 0 Å². The first-order valence-electron chi connectivity index (χ1n) is 15.7. The number of ether oxygens (including phenoxy) is 1. The molecule has 0 atom stereocenters. The largest absolute Gasteiger partial charge is 0.465 e. The number of hydrogen-bond acceptors (Lipinski definition) is 6. The number of hydrogen-bond donors (Lipinski definition) is 1. The summed E-state index contributed by atoms with van der Waals surface area (Å²) in [6, 6.07) is 10.2. The molecule has 1 aromatic heterocycles. The van der Waals surface area contributed by atoms with Gasteiger partial charge in [-0.15, -0.1) is 0 Å². The summed E-state index contributed by atoms with van der Waals surface area (Å²) in [6.45, 7) is 10.8. The molecule has 2 aliphatic heterocycles. The Morgan fingerprint density at radius 1 is 1.09 bits per heavy atom. The third kappa shape index (κ3) is 7.59. The summed E-state index contributed by atoms with van der Waals surface area (Å²) in [5, 5.41) is 3.17. The molecule has 1 N–H and O–H groups in total. The maximum atomic E-state index is 14.1. The van der Waals surface area contributed by atoms with Crippen LogP contribution < -0.4 is 5.32 Å². The number of likely N-dealkylation sites (N-methyl/N-ethyl adjacent to an activating group) is 1. The highest BCUT2D eigenvalue weighted by molar-refractivity contribution is 6.23. The maximum Gasteiger partial charge on any atom is 0.419 e. The van der Waals surface area contributed by atoms with Crippen molar-refractivity contribution >= 4 is 17.4 Å². The molecule has 3 heterocycles. The van der Waals surface area contributed by atoms with E-state index in [0.29, 0.717) is 36.7 Å². The molecule has 3 aromatic rings. The molecule has 2 fully saturated rings. The fraction of sp³-hybridized carbons (Fsp3) is 0.400. The van der Waals surface area contributed by atoms with E-state index < -0.39 is 23.5 Å². The number of methoxy groups -OCH3 is 1. The van der Waals surface area contributed by atoms with E-state index in [1.807, 2.05) is 19.1 Å². The van der Waals surface area contributed by atoms with E-state index in [0.717, 1.165) is 73.7 Å². The van der Waals surface area contributed by atoms with Crippen molar-refractivity contribution in [1.82, 2.24) is 24.7 Å². The van der Waals surface area contributed by atoms with Crippen LogP contribution in [0.3, 0.4) is 0 Å². The Hall–Kier alpha value is -4.45. The topological polar surface area (TPSA) is 75.0 Å². The predicted molar refractivity (Wildman–Crippen MR) is 174 cm³/mol. The van der Waals surface area contributed by atoms with Crippen LogP contribution in [0.1, 0.15) is 59.4 Å². The van der Waals surface area contributed by atoms with Crippen molar-refractivity contribution in [3.8, 4) is 11.3 Å². The molecule has 250 valence electrons. The van der Waals surface area contributed by atoms with Crippen molar-refractivity contribution in [3.05, 3.63) is 95.5 Å². The van der Waals surface area contributed by atoms with Crippen molar-refractivity contribution < 1.29 is 27.1 Å². The number of allylic oxidation sites excluding steroid dienone is 1. The highest BCUT2D eigenvalue weighted by Gasteiger charge is 2.35. The lowest BCUT2D eigenvalue weighted by Crippen LogP contribution is -2.39. The number of benzene rings is 2. The van der Waals surface area contributed by atoms with Gasteiger partial charge in [0.15, 0.2) is 0 Å². The molecule has 2 aliphatic rings. The predicted octanol–water partition coefficient (Wildman–Crippen LogP) is 6.57. The smallest absolute Gasteiger partial charge is 0.419 e. The molecule has 0 radical (unpaired) electrons. The molecule has 0 saturated carbocycles. The maximum absolute atomic E-state index is 14.1.